The van der Waals surface area contributed by atoms with E-state index >= 15 is 0 Å². The second kappa shape index (κ2) is 3.64. The van der Waals surface area contributed by atoms with Gasteiger partial charge in [0.15, 0.2) is 0 Å². The van der Waals surface area contributed by atoms with E-state index in [-0.39, 0.29) is 16.7 Å². The first-order valence-corrected chi connectivity index (χ1v) is 6.68. The van der Waals surface area contributed by atoms with Gasteiger partial charge in [0.2, 0.25) is 0 Å². The fourth-order valence-corrected chi connectivity index (χ4v) is 2.11. The molecule has 0 aromatic heterocycles. The van der Waals surface area contributed by atoms with E-state index in [1.165, 1.54) is 6.07 Å². The van der Waals surface area contributed by atoms with Gasteiger partial charge in [-0.05, 0) is 31.0 Å². The van der Waals surface area contributed by atoms with Gasteiger partial charge in [-0.15, -0.1) is 0 Å². The summed E-state index contributed by atoms with van der Waals surface area (Å²) in [7, 11) is 1.20. The maximum atomic E-state index is 12.9. The van der Waals surface area contributed by atoms with Crippen molar-refractivity contribution in [2.45, 2.75) is 23.8 Å². The van der Waals surface area contributed by atoms with Crippen molar-refractivity contribution >= 4 is 19.7 Å². The lowest BCUT2D eigenvalue weighted by molar-refractivity contribution is 0.294. The molecule has 6 heteroatoms. The molecule has 0 radical (unpaired) electrons. The molecule has 15 heavy (non-hydrogen) atoms. The molecule has 0 saturated heterocycles. The fraction of sp³-hybridized carbons (Fsp3) is 0.333. The summed E-state index contributed by atoms with van der Waals surface area (Å²) < 4.78 is 40.4. The van der Waals surface area contributed by atoms with Gasteiger partial charge in [0.25, 0.3) is 9.05 Å². The number of ether oxygens (including phenoxy) is 1. The van der Waals surface area contributed by atoms with E-state index in [0.717, 1.165) is 25.0 Å². The highest BCUT2D eigenvalue weighted by Crippen LogP contribution is 2.33. The Morgan fingerprint density at radius 1 is 1.40 bits per heavy atom. The molecule has 0 spiro atoms. The van der Waals surface area contributed by atoms with Gasteiger partial charge in [0.05, 0.1) is 6.10 Å². The highest BCUT2D eigenvalue weighted by molar-refractivity contribution is 8.13. The van der Waals surface area contributed by atoms with Gasteiger partial charge in [-0.25, -0.2) is 12.8 Å². The number of benzene rings is 1. The summed E-state index contributed by atoms with van der Waals surface area (Å²) in [4.78, 5) is -0.309. The van der Waals surface area contributed by atoms with E-state index in [1.54, 1.807) is 0 Å². The molecule has 1 fully saturated rings. The Balaban J connectivity index is 2.43. The largest absolute Gasteiger partial charge is 0.489 e. The first kappa shape index (κ1) is 10.7. The number of hydrogen-bond donors (Lipinski definition) is 0. The molecule has 0 amide bonds. The van der Waals surface area contributed by atoms with Crippen LogP contribution in [0.1, 0.15) is 12.8 Å². The Morgan fingerprint density at radius 3 is 2.60 bits per heavy atom. The zero-order valence-electron chi connectivity index (χ0n) is 7.61. The van der Waals surface area contributed by atoms with Crippen molar-refractivity contribution in [1.82, 2.24) is 0 Å². The van der Waals surface area contributed by atoms with E-state index in [1.807, 2.05) is 0 Å². The number of halogens is 2. The van der Waals surface area contributed by atoms with Crippen LogP contribution in [0.2, 0.25) is 0 Å². The van der Waals surface area contributed by atoms with Crippen LogP contribution in [0.15, 0.2) is 23.1 Å². The molecule has 1 aromatic carbocycles. The van der Waals surface area contributed by atoms with Gasteiger partial charge >= 0.3 is 0 Å². The van der Waals surface area contributed by atoms with Gasteiger partial charge in [0, 0.05) is 10.7 Å². The average Bonchev–Trinajstić information content (AvgIpc) is 2.90. The molecule has 1 aromatic rings. The summed E-state index contributed by atoms with van der Waals surface area (Å²) in [6, 6.07) is 3.28. The molecule has 1 saturated carbocycles. The molecule has 0 atom stereocenters. The van der Waals surface area contributed by atoms with Crippen molar-refractivity contribution in [3.05, 3.63) is 24.0 Å². The van der Waals surface area contributed by atoms with Crippen molar-refractivity contribution in [3.63, 3.8) is 0 Å². The smallest absolute Gasteiger partial charge is 0.265 e. The standard InChI is InChI=1S/C9H8ClFO3S/c10-15(12,13)9-5-6(11)1-4-8(9)14-7-2-3-7/h1,4-5,7H,2-3H2. The average molecular weight is 251 g/mol. The van der Waals surface area contributed by atoms with Crippen LogP contribution in [0.5, 0.6) is 5.75 Å². The fourth-order valence-electron chi connectivity index (χ4n) is 1.14. The third-order valence-electron chi connectivity index (χ3n) is 1.99. The first-order chi connectivity index (χ1) is 6.97. The lowest BCUT2D eigenvalue weighted by atomic mass is 10.3. The summed E-state index contributed by atoms with van der Waals surface area (Å²) in [5, 5.41) is 0. The van der Waals surface area contributed by atoms with E-state index in [0.29, 0.717) is 0 Å². The van der Waals surface area contributed by atoms with Crippen molar-refractivity contribution in [2.24, 2.45) is 0 Å². The molecule has 0 unspecified atom stereocenters. The predicted octanol–water partition coefficient (Wildman–Crippen LogP) is 2.29. The lowest BCUT2D eigenvalue weighted by Gasteiger charge is -2.08. The minimum atomic E-state index is -3.97. The molecule has 1 aliphatic carbocycles. The van der Waals surface area contributed by atoms with Crippen LogP contribution in [0.4, 0.5) is 4.39 Å². The van der Waals surface area contributed by atoms with Crippen LogP contribution in [0, 0.1) is 5.82 Å². The first-order valence-electron chi connectivity index (χ1n) is 4.38. The Hall–Kier alpha value is -0.810. The van der Waals surface area contributed by atoms with Crippen molar-refractivity contribution in [2.75, 3.05) is 0 Å². The normalized spacial score (nSPS) is 16.4. The Kier molecular flexibility index (Phi) is 2.60. The van der Waals surface area contributed by atoms with E-state index in [2.05, 4.69) is 0 Å². The lowest BCUT2D eigenvalue weighted by Crippen LogP contribution is -2.02. The van der Waals surface area contributed by atoms with E-state index in [9.17, 15) is 12.8 Å². The van der Waals surface area contributed by atoms with Crippen LogP contribution < -0.4 is 4.74 Å². The van der Waals surface area contributed by atoms with E-state index < -0.39 is 14.9 Å². The van der Waals surface area contributed by atoms with Crippen LogP contribution in [-0.4, -0.2) is 14.5 Å². The maximum absolute atomic E-state index is 12.9. The van der Waals surface area contributed by atoms with Gasteiger partial charge in [-0.2, -0.15) is 0 Å². The highest BCUT2D eigenvalue weighted by atomic mass is 35.7. The van der Waals surface area contributed by atoms with Crippen LogP contribution in [0.25, 0.3) is 0 Å². The van der Waals surface area contributed by atoms with Gasteiger partial charge in [0.1, 0.15) is 16.5 Å². The molecule has 3 nitrogen and oxygen atoms in total. The van der Waals surface area contributed by atoms with Crippen LogP contribution in [-0.2, 0) is 9.05 Å². The summed E-state index contributed by atoms with van der Waals surface area (Å²) in [6.45, 7) is 0. The predicted molar refractivity (Wildman–Crippen MR) is 53.1 cm³/mol. The van der Waals surface area contributed by atoms with Gasteiger partial charge < -0.3 is 4.74 Å². The Labute approximate surface area is 91.2 Å². The molecular formula is C9H8ClFO3S. The van der Waals surface area contributed by atoms with Gasteiger partial charge in [-0.1, -0.05) is 0 Å². The quantitative estimate of drug-likeness (QED) is 0.773. The summed E-state index contributed by atoms with van der Waals surface area (Å²) in [5.74, 6) is -0.536. The summed E-state index contributed by atoms with van der Waals surface area (Å²) in [6.07, 6.45) is 1.81. The Morgan fingerprint density at radius 2 is 2.07 bits per heavy atom. The second-order valence-corrected chi connectivity index (χ2v) is 5.88. The molecular weight excluding hydrogens is 243 g/mol. The minimum absolute atomic E-state index is 0.0348. The van der Waals surface area contributed by atoms with Crippen molar-refractivity contribution < 1.29 is 17.5 Å². The molecule has 0 aliphatic heterocycles. The molecule has 1 aliphatic rings. The zero-order valence-corrected chi connectivity index (χ0v) is 9.18. The SMILES string of the molecule is O=S(=O)(Cl)c1cc(F)ccc1OC1CC1. The highest BCUT2D eigenvalue weighted by Gasteiger charge is 2.27. The molecule has 2 rings (SSSR count). The van der Waals surface area contributed by atoms with Crippen molar-refractivity contribution in [1.29, 1.82) is 0 Å². The van der Waals surface area contributed by atoms with Gasteiger partial charge in [-0.3, -0.25) is 0 Å². The molecule has 0 bridgehead atoms. The number of hydrogen-bond acceptors (Lipinski definition) is 3. The number of rotatable bonds is 3. The van der Waals surface area contributed by atoms with Crippen LogP contribution in [0.3, 0.4) is 0 Å². The monoisotopic (exact) mass is 250 g/mol. The summed E-state index contributed by atoms with van der Waals surface area (Å²) >= 11 is 0. The Bertz CT molecular complexity index is 482. The molecule has 0 heterocycles. The van der Waals surface area contributed by atoms with E-state index in [4.69, 9.17) is 15.4 Å². The molecule has 0 N–H and O–H groups in total. The topological polar surface area (TPSA) is 43.4 Å². The maximum Gasteiger partial charge on any atom is 0.265 e. The zero-order chi connectivity index (χ0) is 11.1. The second-order valence-electron chi connectivity index (χ2n) is 3.35. The third-order valence-corrected chi connectivity index (χ3v) is 3.33. The summed E-state index contributed by atoms with van der Waals surface area (Å²) in [5.41, 5.74) is 0. The molecule has 82 valence electrons. The minimum Gasteiger partial charge on any atom is -0.489 e. The van der Waals surface area contributed by atoms with Crippen LogP contribution >= 0.6 is 10.7 Å². The third kappa shape index (κ3) is 2.60. The van der Waals surface area contributed by atoms with Crippen molar-refractivity contribution in [3.8, 4) is 5.75 Å².